The molecule has 5 nitrogen and oxygen atoms in total. The molecule has 1 aromatic rings. The van der Waals surface area contributed by atoms with E-state index >= 15 is 0 Å². The second-order valence-electron chi connectivity index (χ2n) is 5.67. The normalized spacial score (nSPS) is 15.0. The maximum Gasteiger partial charge on any atom is 0.244 e. The predicted octanol–water partition coefficient (Wildman–Crippen LogP) is 1.73. The third kappa shape index (κ3) is 7.10. The van der Waals surface area contributed by atoms with Crippen LogP contribution in [0.4, 0.5) is 0 Å². The van der Waals surface area contributed by atoms with Crippen LogP contribution in [0.5, 0.6) is 0 Å². The van der Waals surface area contributed by atoms with Crippen LogP contribution in [0.2, 0.25) is 0 Å². The molecule has 0 spiro atoms. The Kier molecular flexibility index (Phi) is 8.05. The van der Waals surface area contributed by atoms with Crippen LogP contribution in [0, 0.1) is 5.92 Å². The molecule has 1 aromatic carbocycles. The first-order chi connectivity index (χ1) is 10.9. The van der Waals surface area contributed by atoms with Crippen molar-refractivity contribution in [3.8, 4) is 0 Å². The van der Waals surface area contributed by atoms with Gasteiger partial charge in [-0.1, -0.05) is 50.6 Å². The zero-order chi connectivity index (χ0) is 17.2. The summed E-state index contributed by atoms with van der Waals surface area (Å²) in [4.78, 5) is 23.7. The molecule has 0 saturated carbocycles. The molecule has 0 aromatic heterocycles. The largest absolute Gasteiger partial charge is 0.391 e. The van der Waals surface area contributed by atoms with E-state index < -0.39 is 12.1 Å². The summed E-state index contributed by atoms with van der Waals surface area (Å²) in [6.07, 6.45) is 3.35. The van der Waals surface area contributed by atoms with Crippen molar-refractivity contribution in [2.45, 2.75) is 39.3 Å². The third-order valence-electron chi connectivity index (χ3n) is 3.77. The number of aliphatic hydroxyl groups is 1. The van der Waals surface area contributed by atoms with E-state index in [4.69, 9.17) is 0 Å². The number of nitrogens with one attached hydrogen (secondary N) is 2. The van der Waals surface area contributed by atoms with E-state index in [-0.39, 0.29) is 24.3 Å². The highest BCUT2D eigenvalue weighted by atomic mass is 16.3. The fraction of sp³-hybridized carbons (Fsp3) is 0.444. The maximum absolute atomic E-state index is 11.9. The highest BCUT2D eigenvalue weighted by Gasteiger charge is 2.17. The number of amides is 2. The van der Waals surface area contributed by atoms with Crippen molar-refractivity contribution in [2.24, 2.45) is 5.92 Å². The Bertz CT molecular complexity index is 528. The summed E-state index contributed by atoms with van der Waals surface area (Å²) in [7, 11) is 0. The Hall–Kier alpha value is -2.14. The summed E-state index contributed by atoms with van der Waals surface area (Å²) in [6.45, 7) is 5.71. The van der Waals surface area contributed by atoms with Gasteiger partial charge in [-0.3, -0.25) is 9.59 Å². The Morgan fingerprint density at radius 1 is 1.22 bits per heavy atom. The standard InChI is InChI=1S/C18H26N2O3/c1-4-13(2)16(21)12-19-18(23)14(3)20-17(22)11-10-15-8-6-5-7-9-15/h5-11,13-14,16,21H,4,12H2,1-3H3,(H,19,23)(H,20,22)/b11-10+. The fourth-order valence-corrected chi connectivity index (χ4v) is 1.89. The van der Waals surface area contributed by atoms with Gasteiger partial charge in [-0.25, -0.2) is 0 Å². The average molecular weight is 318 g/mol. The fourth-order valence-electron chi connectivity index (χ4n) is 1.89. The molecule has 0 bridgehead atoms. The van der Waals surface area contributed by atoms with E-state index in [1.807, 2.05) is 44.2 Å². The van der Waals surface area contributed by atoms with E-state index in [0.29, 0.717) is 0 Å². The quantitative estimate of drug-likeness (QED) is 0.639. The van der Waals surface area contributed by atoms with E-state index in [9.17, 15) is 14.7 Å². The van der Waals surface area contributed by atoms with Crippen molar-refractivity contribution in [3.63, 3.8) is 0 Å². The van der Waals surface area contributed by atoms with Crippen molar-refractivity contribution in [1.29, 1.82) is 0 Å². The van der Waals surface area contributed by atoms with Crippen LogP contribution >= 0.6 is 0 Å². The molecule has 0 heterocycles. The smallest absolute Gasteiger partial charge is 0.244 e. The maximum atomic E-state index is 11.9. The molecule has 3 atom stereocenters. The molecule has 126 valence electrons. The van der Waals surface area contributed by atoms with Gasteiger partial charge in [0.2, 0.25) is 11.8 Å². The van der Waals surface area contributed by atoms with Crippen LogP contribution in [0.15, 0.2) is 36.4 Å². The Morgan fingerprint density at radius 2 is 1.87 bits per heavy atom. The number of carbonyl (C=O) groups excluding carboxylic acids is 2. The summed E-state index contributed by atoms with van der Waals surface area (Å²) < 4.78 is 0. The van der Waals surface area contributed by atoms with Gasteiger partial charge < -0.3 is 15.7 Å². The van der Waals surface area contributed by atoms with Crippen LogP contribution in [0.3, 0.4) is 0 Å². The van der Waals surface area contributed by atoms with Crippen LogP contribution in [-0.2, 0) is 9.59 Å². The van der Waals surface area contributed by atoms with Crippen LogP contribution in [0.25, 0.3) is 6.08 Å². The van der Waals surface area contributed by atoms with Gasteiger partial charge in [0, 0.05) is 12.6 Å². The third-order valence-corrected chi connectivity index (χ3v) is 3.77. The number of hydrogen-bond acceptors (Lipinski definition) is 3. The summed E-state index contributed by atoms with van der Waals surface area (Å²) in [6, 6.07) is 8.78. The van der Waals surface area contributed by atoms with Gasteiger partial charge >= 0.3 is 0 Å². The Balaban J connectivity index is 2.39. The highest BCUT2D eigenvalue weighted by molar-refractivity contribution is 5.95. The van der Waals surface area contributed by atoms with Gasteiger partial charge in [0.15, 0.2) is 0 Å². The molecule has 3 unspecified atom stereocenters. The lowest BCUT2D eigenvalue weighted by Crippen LogP contribution is -2.46. The Morgan fingerprint density at radius 3 is 2.48 bits per heavy atom. The van der Waals surface area contributed by atoms with Gasteiger partial charge in [-0.15, -0.1) is 0 Å². The van der Waals surface area contributed by atoms with Gasteiger partial charge in [-0.05, 0) is 24.5 Å². The SMILES string of the molecule is CCC(C)C(O)CNC(=O)C(C)NC(=O)/C=C/c1ccccc1. The zero-order valence-electron chi connectivity index (χ0n) is 14.0. The molecule has 0 aliphatic rings. The van der Waals surface area contributed by atoms with E-state index in [1.165, 1.54) is 6.08 Å². The number of hydrogen-bond donors (Lipinski definition) is 3. The highest BCUT2D eigenvalue weighted by Crippen LogP contribution is 2.06. The van der Waals surface area contributed by atoms with E-state index in [2.05, 4.69) is 10.6 Å². The van der Waals surface area contributed by atoms with Crippen LogP contribution < -0.4 is 10.6 Å². The number of aliphatic hydroxyl groups excluding tert-OH is 1. The minimum atomic E-state index is -0.660. The monoisotopic (exact) mass is 318 g/mol. The number of rotatable bonds is 8. The second kappa shape index (κ2) is 9.79. The first kappa shape index (κ1) is 18.9. The molecule has 0 saturated heterocycles. The van der Waals surface area contributed by atoms with Crippen molar-refractivity contribution < 1.29 is 14.7 Å². The predicted molar refractivity (Wildman–Crippen MR) is 91.6 cm³/mol. The van der Waals surface area contributed by atoms with Crippen LogP contribution in [-0.4, -0.2) is 35.6 Å². The van der Waals surface area contributed by atoms with Gasteiger partial charge in [0.1, 0.15) is 6.04 Å². The molecule has 0 aliphatic heterocycles. The van der Waals surface area contributed by atoms with E-state index in [1.54, 1.807) is 13.0 Å². The van der Waals surface area contributed by atoms with Crippen molar-refractivity contribution in [2.75, 3.05) is 6.54 Å². The summed E-state index contributed by atoms with van der Waals surface area (Å²) >= 11 is 0. The lowest BCUT2D eigenvalue weighted by atomic mass is 10.0. The Labute approximate surface area is 137 Å². The van der Waals surface area contributed by atoms with Gasteiger partial charge in [-0.2, -0.15) is 0 Å². The molecule has 1 rings (SSSR count). The molecule has 3 N–H and O–H groups in total. The lowest BCUT2D eigenvalue weighted by Gasteiger charge is -2.19. The van der Waals surface area contributed by atoms with Gasteiger partial charge in [0.05, 0.1) is 6.10 Å². The summed E-state index contributed by atoms with van der Waals surface area (Å²) in [5.74, 6) is -0.526. The zero-order valence-corrected chi connectivity index (χ0v) is 14.0. The van der Waals surface area contributed by atoms with Gasteiger partial charge in [0.25, 0.3) is 0 Å². The molecule has 0 fully saturated rings. The first-order valence-corrected chi connectivity index (χ1v) is 7.93. The second-order valence-corrected chi connectivity index (χ2v) is 5.67. The lowest BCUT2D eigenvalue weighted by molar-refractivity contribution is -0.127. The molecule has 23 heavy (non-hydrogen) atoms. The molecule has 0 aliphatic carbocycles. The first-order valence-electron chi connectivity index (χ1n) is 7.93. The minimum Gasteiger partial charge on any atom is -0.391 e. The topological polar surface area (TPSA) is 78.4 Å². The molecule has 0 radical (unpaired) electrons. The number of carbonyl (C=O) groups is 2. The van der Waals surface area contributed by atoms with Crippen LogP contribution in [0.1, 0.15) is 32.8 Å². The van der Waals surface area contributed by atoms with Crippen molar-refractivity contribution in [1.82, 2.24) is 10.6 Å². The minimum absolute atomic E-state index is 0.119. The number of benzene rings is 1. The van der Waals surface area contributed by atoms with Crippen molar-refractivity contribution >= 4 is 17.9 Å². The average Bonchev–Trinajstić information content (AvgIpc) is 2.57. The van der Waals surface area contributed by atoms with Crippen molar-refractivity contribution in [3.05, 3.63) is 42.0 Å². The van der Waals surface area contributed by atoms with E-state index in [0.717, 1.165) is 12.0 Å². The molecular formula is C18H26N2O3. The summed E-state index contributed by atoms with van der Waals surface area (Å²) in [5.41, 5.74) is 0.913. The molecule has 5 heteroatoms. The molecular weight excluding hydrogens is 292 g/mol. The molecule has 2 amide bonds. The summed E-state index contributed by atoms with van der Waals surface area (Å²) in [5, 5.41) is 15.1.